The number of carbonyl (C=O) groups is 1. The molecule has 0 aliphatic carbocycles. The van der Waals surface area contributed by atoms with Crippen LogP contribution in [-0.2, 0) is 7.05 Å². The summed E-state index contributed by atoms with van der Waals surface area (Å²) in [6.45, 7) is 1.58. The van der Waals surface area contributed by atoms with Crippen molar-refractivity contribution >= 4 is 23.2 Å². The van der Waals surface area contributed by atoms with Crippen molar-refractivity contribution in [1.29, 1.82) is 0 Å². The van der Waals surface area contributed by atoms with Crippen LogP contribution in [0, 0.1) is 0 Å². The van der Waals surface area contributed by atoms with Crippen LogP contribution in [0.1, 0.15) is 23.0 Å². The van der Waals surface area contributed by atoms with Gasteiger partial charge in [0, 0.05) is 18.8 Å². The first-order valence-electron chi connectivity index (χ1n) is 5.94. The number of amides is 1. The van der Waals surface area contributed by atoms with Crippen LogP contribution < -0.4 is 5.43 Å². The molecule has 1 aromatic heterocycles. The Morgan fingerprint density at radius 3 is 2.76 bits per heavy atom. The highest BCUT2D eigenvalue weighted by Crippen LogP contribution is 2.22. The molecular formula is C13H13ClN4O3. The maximum atomic E-state index is 11.9. The number of aromatic hydroxyl groups is 2. The van der Waals surface area contributed by atoms with Gasteiger partial charge in [0.15, 0.2) is 5.69 Å². The van der Waals surface area contributed by atoms with E-state index in [0.29, 0.717) is 11.3 Å². The number of rotatable bonds is 3. The zero-order valence-electron chi connectivity index (χ0n) is 11.3. The zero-order valence-corrected chi connectivity index (χ0v) is 12.1. The molecule has 0 radical (unpaired) electrons. The van der Waals surface area contributed by atoms with Gasteiger partial charge in [-0.05, 0) is 25.1 Å². The Labute approximate surface area is 125 Å². The number of hydrogen-bond acceptors (Lipinski definition) is 5. The van der Waals surface area contributed by atoms with Crippen molar-refractivity contribution in [2.24, 2.45) is 12.1 Å². The molecule has 110 valence electrons. The van der Waals surface area contributed by atoms with Crippen molar-refractivity contribution < 1.29 is 15.0 Å². The summed E-state index contributed by atoms with van der Waals surface area (Å²) in [5.74, 6) is -0.643. The van der Waals surface area contributed by atoms with E-state index >= 15 is 0 Å². The lowest BCUT2D eigenvalue weighted by molar-refractivity contribution is 0.0949. The SMILES string of the molecule is C/C(=N\NC(=O)c1nn(C)cc1Cl)c1cc(O)ccc1O. The van der Waals surface area contributed by atoms with Crippen LogP contribution in [0.15, 0.2) is 29.5 Å². The number of aryl methyl sites for hydroxylation is 1. The molecule has 2 aromatic rings. The fourth-order valence-corrected chi connectivity index (χ4v) is 1.94. The Balaban J connectivity index is 2.19. The molecule has 0 atom stereocenters. The van der Waals surface area contributed by atoms with E-state index in [0.717, 1.165) is 0 Å². The number of nitrogens with zero attached hydrogens (tertiary/aromatic N) is 3. The second-order valence-electron chi connectivity index (χ2n) is 4.34. The van der Waals surface area contributed by atoms with Gasteiger partial charge in [0.1, 0.15) is 11.5 Å². The topological polar surface area (TPSA) is 99.7 Å². The van der Waals surface area contributed by atoms with Gasteiger partial charge < -0.3 is 10.2 Å². The summed E-state index contributed by atoms with van der Waals surface area (Å²) < 4.78 is 1.41. The third-order valence-corrected chi connectivity index (χ3v) is 2.97. The Bertz CT molecular complexity index is 724. The molecule has 0 fully saturated rings. The standard InChI is InChI=1S/C13H13ClN4O3/c1-7(9-5-8(19)3-4-11(9)20)15-16-13(21)12-10(14)6-18(2)17-12/h3-6,19-20H,1-2H3,(H,16,21)/b15-7+. The lowest BCUT2D eigenvalue weighted by Crippen LogP contribution is -2.20. The van der Waals surface area contributed by atoms with E-state index in [1.54, 1.807) is 14.0 Å². The first kappa shape index (κ1) is 14.9. The van der Waals surface area contributed by atoms with Crippen LogP contribution in [0.4, 0.5) is 0 Å². The maximum absolute atomic E-state index is 11.9. The van der Waals surface area contributed by atoms with Gasteiger partial charge in [0.25, 0.3) is 5.91 Å². The van der Waals surface area contributed by atoms with Gasteiger partial charge in [-0.2, -0.15) is 10.2 Å². The summed E-state index contributed by atoms with van der Waals surface area (Å²) in [7, 11) is 1.64. The number of benzene rings is 1. The predicted octanol–water partition coefficient (Wildman–Crippen LogP) is 1.64. The number of phenolic OH excluding ortho intramolecular Hbond substituents is 2. The van der Waals surface area contributed by atoms with Crippen LogP contribution in [0.3, 0.4) is 0 Å². The molecule has 0 saturated heterocycles. The summed E-state index contributed by atoms with van der Waals surface area (Å²) in [5.41, 5.74) is 2.98. The normalized spacial score (nSPS) is 11.5. The van der Waals surface area contributed by atoms with E-state index in [4.69, 9.17) is 11.6 Å². The quantitative estimate of drug-likeness (QED) is 0.456. The summed E-state index contributed by atoms with van der Waals surface area (Å²) >= 11 is 5.85. The monoisotopic (exact) mass is 308 g/mol. The Morgan fingerprint density at radius 2 is 2.14 bits per heavy atom. The van der Waals surface area contributed by atoms with Crippen molar-refractivity contribution in [3.63, 3.8) is 0 Å². The van der Waals surface area contributed by atoms with Crippen LogP contribution in [0.25, 0.3) is 0 Å². The molecule has 0 bridgehead atoms. The van der Waals surface area contributed by atoms with Gasteiger partial charge in [0.05, 0.1) is 10.7 Å². The maximum Gasteiger partial charge on any atom is 0.293 e. The predicted molar refractivity (Wildman–Crippen MR) is 77.7 cm³/mol. The summed E-state index contributed by atoms with van der Waals surface area (Å²) in [6, 6.07) is 4.02. The molecule has 1 amide bonds. The molecule has 0 aliphatic rings. The summed E-state index contributed by atoms with van der Waals surface area (Å²) in [5, 5.41) is 27.1. The number of phenols is 2. The molecule has 7 nitrogen and oxygen atoms in total. The zero-order chi connectivity index (χ0) is 15.6. The minimum absolute atomic E-state index is 0.0172. The lowest BCUT2D eigenvalue weighted by Gasteiger charge is -2.05. The smallest absolute Gasteiger partial charge is 0.293 e. The summed E-state index contributed by atoms with van der Waals surface area (Å²) in [4.78, 5) is 11.9. The Morgan fingerprint density at radius 1 is 1.43 bits per heavy atom. The molecule has 1 aromatic carbocycles. The minimum Gasteiger partial charge on any atom is -0.508 e. The van der Waals surface area contributed by atoms with Crippen molar-refractivity contribution in [3.8, 4) is 11.5 Å². The molecule has 0 saturated carbocycles. The number of aromatic nitrogens is 2. The average molecular weight is 309 g/mol. The highest BCUT2D eigenvalue weighted by Gasteiger charge is 2.14. The van der Waals surface area contributed by atoms with E-state index in [9.17, 15) is 15.0 Å². The highest BCUT2D eigenvalue weighted by molar-refractivity contribution is 6.33. The Hall–Kier alpha value is -2.54. The first-order valence-corrected chi connectivity index (χ1v) is 6.32. The van der Waals surface area contributed by atoms with Gasteiger partial charge in [-0.3, -0.25) is 9.48 Å². The van der Waals surface area contributed by atoms with E-state index in [1.165, 1.54) is 29.1 Å². The van der Waals surface area contributed by atoms with Crippen molar-refractivity contribution in [2.75, 3.05) is 0 Å². The molecule has 0 spiro atoms. The largest absolute Gasteiger partial charge is 0.508 e. The fourth-order valence-electron chi connectivity index (χ4n) is 1.68. The van der Waals surface area contributed by atoms with Crippen LogP contribution in [-0.4, -0.2) is 31.6 Å². The number of hydrazone groups is 1. The van der Waals surface area contributed by atoms with Crippen molar-refractivity contribution in [1.82, 2.24) is 15.2 Å². The molecular weight excluding hydrogens is 296 g/mol. The highest BCUT2D eigenvalue weighted by atomic mass is 35.5. The number of halogens is 1. The van der Waals surface area contributed by atoms with Gasteiger partial charge in [-0.1, -0.05) is 11.6 Å². The molecule has 0 unspecified atom stereocenters. The van der Waals surface area contributed by atoms with E-state index in [-0.39, 0.29) is 22.2 Å². The average Bonchev–Trinajstić information content (AvgIpc) is 2.77. The molecule has 0 aliphatic heterocycles. The summed E-state index contributed by atoms with van der Waals surface area (Å²) in [6.07, 6.45) is 1.49. The third-order valence-electron chi connectivity index (χ3n) is 2.69. The Kier molecular flexibility index (Phi) is 4.13. The van der Waals surface area contributed by atoms with Crippen LogP contribution in [0.2, 0.25) is 5.02 Å². The van der Waals surface area contributed by atoms with Crippen LogP contribution in [0.5, 0.6) is 11.5 Å². The lowest BCUT2D eigenvalue weighted by atomic mass is 10.1. The minimum atomic E-state index is -0.570. The molecule has 2 rings (SSSR count). The molecule has 21 heavy (non-hydrogen) atoms. The number of carbonyl (C=O) groups excluding carboxylic acids is 1. The van der Waals surface area contributed by atoms with Gasteiger partial charge >= 0.3 is 0 Å². The van der Waals surface area contributed by atoms with E-state index < -0.39 is 5.91 Å². The number of hydrogen-bond donors (Lipinski definition) is 3. The van der Waals surface area contributed by atoms with Crippen molar-refractivity contribution in [2.45, 2.75) is 6.92 Å². The molecule has 3 N–H and O–H groups in total. The van der Waals surface area contributed by atoms with Crippen LogP contribution >= 0.6 is 11.6 Å². The van der Waals surface area contributed by atoms with Crippen molar-refractivity contribution in [3.05, 3.63) is 40.7 Å². The van der Waals surface area contributed by atoms with Gasteiger partial charge in [-0.15, -0.1) is 0 Å². The van der Waals surface area contributed by atoms with E-state index in [1.807, 2.05) is 0 Å². The number of nitrogens with one attached hydrogen (secondary N) is 1. The molecule has 8 heteroatoms. The third kappa shape index (κ3) is 3.32. The van der Waals surface area contributed by atoms with Gasteiger partial charge in [0.2, 0.25) is 0 Å². The van der Waals surface area contributed by atoms with Gasteiger partial charge in [-0.25, -0.2) is 5.43 Å². The fraction of sp³-hybridized carbons (Fsp3) is 0.154. The second kappa shape index (κ2) is 5.84. The van der Waals surface area contributed by atoms with E-state index in [2.05, 4.69) is 15.6 Å². The molecule has 1 heterocycles. The first-order chi connectivity index (χ1) is 9.88. The second-order valence-corrected chi connectivity index (χ2v) is 4.75.